The van der Waals surface area contributed by atoms with E-state index >= 15 is 0 Å². The molecule has 0 amide bonds. The normalized spacial score (nSPS) is 15.1. The number of nitrogens with zero attached hydrogens (tertiary/aromatic N) is 4. The first kappa shape index (κ1) is 29.5. The fourth-order valence-corrected chi connectivity index (χ4v) is 6.40. The van der Waals surface area contributed by atoms with Crippen molar-refractivity contribution in [3.63, 3.8) is 0 Å². The summed E-state index contributed by atoms with van der Waals surface area (Å²) in [4.78, 5) is 25.2. The predicted molar refractivity (Wildman–Crippen MR) is 146 cm³/mol. The van der Waals surface area contributed by atoms with E-state index < -0.39 is 19.0 Å². The molecule has 0 saturated heterocycles. The van der Waals surface area contributed by atoms with E-state index in [4.69, 9.17) is 19.9 Å². The standard InChI is InChI=1S/C25H38N7O5P/c1-7-12-36-24(33)25(4,5)31-38(34,30-18(3)19-10-8-9-11-20(19)35-6)16-37-17(2)13-32-15-29-21-22(26)27-14-28-23(21)32/h8-11,14-15,17-18H,7,12-13,16H2,1-6H3,(H2,26,27,28)(H2,30,31,34)/t17-,18+,38?/m1/s1. The number of imidazole rings is 1. The van der Waals surface area contributed by atoms with E-state index in [2.05, 4.69) is 25.1 Å². The number of nitrogen functional groups attached to an aromatic ring is 1. The number of carbonyl (C=O) groups excluding carboxylic acids is 1. The zero-order valence-corrected chi connectivity index (χ0v) is 23.7. The van der Waals surface area contributed by atoms with Crippen molar-refractivity contribution in [3.05, 3.63) is 42.5 Å². The lowest BCUT2D eigenvalue weighted by molar-refractivity contribution is -0.149. The van der Waals surface area contributed by atoms with Gasteiger partial charge in [-0.1, -0.05) is 25.1 Å². The molecule has 3 rings (SSSR count). The Bertz CT molecular complexity index is 1280. The van der Waals surface area contributed by atoms with Crippen molar-refractivity contribution in [1.29, 1.82) is 0 Å². The van der Waals surface area contributed by atoms with E-state index in [0.29, 0.717) is 35.7 Å². The number of hydrogen-bond acceptors (Lipinski definition) is 9. The van der Waals surface area contributed by atoms with E-state index in [1.807, 2.05) is 45.0 Å². The summed E-state index contributed by atoms with van der Waals surface area (Å²) in [5.74, 6) is 0.451. The number of hydrogen-bond donors (Lipinski definition) is 3. The number of nitrogens with one attached hydrogen (secondary N) is 2. The number of aromatic nitrogens is 4. The van der Waals surface area contributed by atoms with Crippen LogP contribution in [0.4, 0.5) is 5.82 Å². The molecule has 1 unspecified atom stereocenters. The minimum atomic E-state index is -3.53. The SMILES string of the molecule is CCCOC(=O)C(C)(C)NP(=O)(CO[C@H](C)Cn1cnc2c(N)ncnc21)N[C@@H](C)c1ccccc1OC. The number of para-hydroxylation sites is 1. The first-order chi connectivity index (χ1) is 18.0. The Morgan fingerprint density at radius 3 is 2.66 bits per heavy atom. The molecule has 0 saturated carbocycles. The van der Waals surface area contributed by atoms with Gasteiger partial charge in [0.25, 0.3) is 0 Å². The summed E-state index contributed by atoms with van der Waals surface area (Å²) in [5, 5.41) is 6.19. The van der Waals surface area contributed by atoms with Gasteiger partial charge in [0.2, 0.25) is 7.44 Å². The molecule has 4 N–H and O–H groups in total. The second-order valence-electron chi connectivity index (χ2n) is 9.64. The summed E-state index contributed by atoms with van der Waals surface area (Å²) in [5.41, 5.74) is 6.55. The number of rotatable bonds is 14. The smallest absolute Gasteiger partial charge is 0.326 e. The van der Waals surface area contributed by atoms with Crippen molar-refractivity contribution in [3.8, 4) is 5.75 Å². The van der Waals surface area contributed by atoms with Crippen LogP contribution in [0.1, 0.15) is 52.6 Å². The highest BCUT2D eigenvalue weighted by Gasteiger charge is 2.38. The zero-order chi connectivity index (χ0) is 27.9. The maximum Gasteiger partial charge on any atom is 0.326 e. The van der Waals surface area contributed by atoms with Gasteiger partial charge in [0.1, 0.15) is 29.5 Å². The quantitative estimate of drug-likeness (QED) is 0.200. The third-order valence-electron chi connectivity index (χ3n) is 5.84. The Kier molecular flexibility index (Phi) is 9.83. The topological polar surface area (TPSA) is 156 Å². The van der Waals surface area contributed by atoms with Crippen LogP contribution in [-0.2, 0) is 25.4 Å². The molecule has 0 aliphatic heterocycles. The van der Waals surface area contributed by atoms with E-state index in [-0.39, 0.29) is 25.1 Å². The number of carbonyl (C=O) groups is 1. The second-order valence-corrected chi connectivity index (χ2v) is 11.9. The van der Waals surface area contributed by atoms with Crippen molar-refractivity contribution >= 4 is 30.4 Å². The van der Waals surface area contributed by atoms with Crippen LogP contribution >= 0.6 is 7.44 Å². The van der Waals surface area contributed by atoms with Crippen molar-refractivity contribution in [2.75, 3.05) is 25.8 Å². The molecule has 1 aromatic carbocycles. The Labute approximate surface area is 223 Å². The molecule has 0 spiro atoms. The molecule has 13 heteroatoms. The monoisotopic (exact) mass is 547 g/mol. The third kappa shape index (κ3) is 7.28. The number of nitrogens with two attached hydrogens (primary N) is 1. The number of ether oxygens (including phenoxy) is 3. The Balaban J connectivity index is 1.79. The zero-order valence-electron chi connectivity index (χ0n) is 22.8. The van der Waals surface area contributed by atoms with Crippen LogP contribution in [0.3, 0.4) is 0 Å². The molecule has 208 valence electrons. The van der Waals surface area contributed by atoms with E-state index in [0.717, 1.165) is 5.56 Å². The van der Waals surface area contributed by atoms with Gasteiger partial charge in [0.05, 0.1) is 32.7 Å². The summed E-state index contributed by atoms with van der Waals surface area (Å²) in [6.45, 7) is 9.58. The van der Waals surface area contributed by atoms with Crippen molar-refractivity contribution < 1.29 is 23.6 Å². The van der Waals surface area contributed by atoms with Crippen molar-refractivity contribution in [2.24, 2.45) is 0 Å². The van der Waals surface area contributed by atoms with Crippen LogP contribution in [0.2, 0.25) is 0 Å². The lowest BCUT2D eigenvalue weighted by Gasteiger charge is -2.33. The first-order valence-electron chi connectivity index (χ1n) is 12.5. The summed E-state index contributed by atoms with van der Waals surface area (Å²) in [6.07, 6.45) is 3.10. The van der Waals surface area contributed by atoms with Gasteiger partial charge in [0.15, 0.2) is 11.5 Å². The third-order valence-corrected chi connectivity index (χ3v) is 8.08. The molecule has 0 fully saturated rings. The molecule has 2 aromatic heterocycles. The summed E-state index contributed by atoms with van der Waals surface area (Å²) in [6, 6.07) is 7.08. The maximum atomic E-state index is 14.3. The molecule has 2 heterocycles. The van der Waals surface area contributed by atoms with Crippen LogP contribution in [0.5, 0.6) is 5.75 Å². The van der Waals surface area contributed by atoms with Crippen LogP contribution < -0.4 is 20.6 Å². The van der Waals surface area contributed by atoms with Gasteiger partial charge in [-0.3, -0.25) is 9.36 Å². The number of anilines is 1. The Morgan fingerprint density at radius 2 is 1.95 bits per heavy atom. The lowest BCUT2D eigenvalue weighted by Crippen LogP contribution is -2.49. The van der Waals surface area contributed by atoms with Gasteiger partial charge >= 0.3 is 5.97 Å². The van der Waals surface area contributed by atoms with Crippen LogP contribution in [0.15, 0.2) is 36.9 Å². The number of benzene rings is 1. The molecule has 0 aliphatic rings. The van der Waals surface area contributed by atoms with E-state index in [1.54, 1.807) is 31.9 Å². The fraction of sp³-hybridized carbons (Fsp3) is 0.520. The molecule has 0 aliphatic carbocycles. The Morgan fingerprint density at radius 1 is 1.21 bits per heavy atom. The van der Waals surface area contributed by atoms with Gasteiger partial charge in [0, 0.05) is 11.6 Å². The maximum absolute atomic E-state index is 14.3. The van der Waals surface area contributed by atoms with Crippen molar-refractivity contribution in [1.82, 2.24) is 29.7 Å². The highest BCUT2D eigenvalue weighted by atomic mass is 31.2. The van der Waals surface area contributed by atoms with Gasteiger partial charge in [-0.25, -0.2) is 25.1 Å². The van der Waals surface area contributed by atoms with Gasteiger partial charge < -0.3 is 24.5 Å². The first-order valence-corrected chi connectivity index (χ1v) is 14.4. The molecule has 0 radical (unpaired) electrons. The van der Waals surface area contributed by atoms with E-state index in [9.17, 15) is 9.36 Å². The highest BCUT2D eigenvalue weighted by molar-refractivity contribution is 7.59. The van der Waals surface area contributed by atoms with Crippen molar-refractivity contribution in [2.45, 2.75) is 65.3 Å². The minimum Gasteiger partial charge on any atom is -0.496 e. The summed E-state index contributed by atoms with van der Waals surface area (Å²) in [7, 11) is -1.95. The van der Waals surface area contributed by atoms with Gasteiger partial charge in [-0.15, -0.1) is 0 Å². The number of methoxy groups -OCH3 is 1. The minimum absolute atomic E-state index is 0.193. The molecule has 3 aromatic rings. The van der Waals surface area contributed by atoms with Gasteiger partial charge in [-0.05, 0) is 40.2 Å². The predicted octanol–water partition coefficient (Wildman–Crippen LogP) is 3.65. The average Bonchev–Trinajstić information content (AvgIpc) is 3.29. The number of fused-ring (bicyclic) bond motifs is 1. The fourth-order valence-electron chi connectivity index (χ4n) is 3.97. The molecular formula is C25H38N7O5P. The largest absolute Gasteiger partial charge is 0.496 e. The van der Waals surface area contributed by atoms with E-state index in [1.165, 1.54) is 6.33 Å². The molecular weight excluding hydrogens is 509 g/mol. The highest BCUT2D eigenvalue weighted by Crippen LogP contribution is 2.43. The second kappa shape index (κ2) is 12.7. The Hall–Kier alpha value is -3.05. The van der Waals surface area contributed by atoms with Crippen LogP contribution in [-0.4, -0.2) is 57.2 Å². The molecule has 12 nitrogen and oxygen atoms in total. The molecule has 3 atom stereocenters. The summed E-state index contributed by atoms with van der Waals surface area (Å²) >= 11 is 0. The molecule has 38 heavy (non-hydrogen) atoms. The lowest BCUT2D eigenvalue weighted by atomic mass is 10.1. The average molecular weight is 548 g/mol. The molecule has 0 bridgehead atoms. The van der Waals surface area contributed by atoms with Gasteiger partial charge in [-0.2, -0.15) is 0 Å². The number of esters is 1. The van der Waals surface area contributed by atoms with Crippen LogP contribution in [0.25, 0.3) is 11.2 Å². The van der Waals surface area contributed by atoms with Crippen LogP contribution in [0, 0.1) is 0 Å². The summed E-state index contributed by atoms with van der Waals surface area (Å²) < 4.78 is 33.0.